The average Bonchev–Trinajstić information content (AvgIpc) is 2.25. The summed E-state index contributed by atoms with van der Waals surface area (Å²) in [5.74, 6) is 0.0441. The van der Waals surface area contributed by atoms with Crippen molar-refractivity contribution in [1.82, 2.24) is 5.43 Å². The van der Waals surface area contributed by atoms with E-state index in [1.54, 1.807) is 19.1 Å². The van der Waals surface area contributed by atoms with E-state index in [0.717, 1.165) is 4.47 Å². The number of hydrogen-bond acceptors (Lipinski definition) is 4. The summed E-state index contributed by atoms with van der Waals surface area (Å²) < 4.78 is 5.92. The molecule has 2 N–H and O–H groups in total. The number of hydrogen-bond donors (Lipinski definition) is 2. The van der Waals surface area contributed by atoms with Crippen LogP contribution in [0.25, 0.3) is 0 Å². The van der Waals surface area contributed by atoms with Crippen molar-refractivity contribution < 1.29 is 14.6 Å². The summed E-state index contributed by atoms with van der Waals surface area (Å²) in [4.78, 5) is 10.9. The van der Waals surface area contributed by atoms with Gasteiger partial charge >= 0.3 is 6.09 Å². The van der Waals surface area contributed by atoms with Crippen molar-refractivity contribution in [3.63, 3.8) is 0 Å². The van der Waals surface area contributed by atoms with Crippen LogP contribution < -0.4 is 5.43 Å². The van der Waals surface area contributed by atoms with Crippen molar-refractivity contribution in [3.8, 4) is 5.75 Å². The van der Waals surface area contributed by atoms with Crippen LogP contribution in [-0.4, -0.2) is 24.0 Å². The minimum atomic E-state index is -0.641. The molecule has 0 spiro atoms. The summed E-state index contributed by atoms with van der Waals surface area (Å²) >= 11 is 6.47. The molecule has 1 aromatic rings. The predicted octanol–water partition coefficient (Wildman–Crippen LogP) is 3.00. The molecule has 0 atom stereocenters. The van der Waals surface area contributed by atoms with Crippen LogP contribution in [0.3, 0.4) is 0 Å². The quantitative estimate of drug-likeness (QED) is 0.638. The third-order valence-corrected chi connectivity index (χ3v) is 2.75. The number of nitrogens with zero attached hydrogens (tertiary/aromatic N) is 1. The fourth-order valence-corrected chi connectivity index (χ4v) is 2.26. The number of amides is 1. The predicted molar refractivity (Wildman–Crippen MR) is 71.3 cm³/mol. The first kappa shape index (κ1) is 14.0. The van der Waals surface area contributed by atoms with Gasteiger partial charge in [-0.15, -0.1) is 0 Å². The standard InChI is InChI=1S/C10H10Br2N2O3/c1-2-17-10(16)14-13-5-6-3-7(11)4-8(12)9(6)15/h3-5,15H,2H2,1H3,(H,14,16)/b13-5+. The van der Waals surface area contributed by atoms with E-state index in [0.29, 0.717) is 10.0 Å². The molecule has 0 aliphatic carbocycles. The molecule has 1 rings (SSSR count). The Balaban J connectivity index is 2.74. The summed E-state index contributed by atoms with van der Waals surface area (Å²) in [6, 6.07) is 3.36. The van der Waals surface area contributed by atoms with Crippen LogP contribution in [0.1, 0.15) is 12.5 Å². The lowest BCUT2D eigenvalue weighted by atomic mass is 10.2. The highest BCUT2D eigenvalue weighted by Crippen LogP contribution is 2.30. The normalized spacial score (nSPS) is 10.5. The third kappa shape index (κ3) is 4.35. The molecular formula is C10H10Br2N2O3. The lowest BCUT2D eigenvalue weighted by molar-refractivity contribution is 0.152. The zero-order valence-electron chi connectivity index (χ0n) is 8.91. The van der Waals surface area contributed by atoms with E-state index >= 15 is 0 Å². The fraction of sp³-hybridized carbons (Fsp3) is 0.200. The summed E-state index contributed by atoms with van der Waals surface area (Å²) in [6.07, 6.45) is 0.680. The van der Waals surface area contributed by atoms with Gasteiger partial charge in [-0.05, 0) is 35.0 Å². The number of hydrazone groups is 1. The van der Waals surface area contributed by atoms with Crippen LogP contribution in [0.15, 0.2) is 26.2 Å². The Morgan fingerprint density at radius 2 is 2.29 bits per heavy atom. The third-order valence-electron chi connectivity index (χ3n) is 1.69. The average molecular weight is 366 g/mol. The number of carbonyl (C=O) groups excluding carboxylic acids is 1. The first-order valence-electron chi connectivity index (χ1n) is 4.68. The Labute approximate surface area is 115 Å². The van der Waals surface area contributed by atoms with E-state index in [1.807, 2.05) is 0 Å². The second-order valence-corrected chi connectivity index (χ2v) is 4.69. The molecule has 0 unspecified atom stereocenters. The van der Waals surface area contributed by atoms with E-state index in [1.165, 1.54) is 6.21 Å². The number of carbonyl (C=O) groups is 1. The Morgan fingerprint density at radius 1 is 1.59 bits per heavy atom. The molecule has 0 aliphatic heterocycles. The zero-order valence-corrected chi connectivity index (χ0v) is 12.1. The maximum atomic E-state index is 10.9. The van der Waals surface area contributed by atoms with E-state index in [4.69, 9.17) is 0 Å². The van der Waals surface area contributed by atoms with Crippen LogP contribution >= 0.6 is 31.9 Å². The van der Waals surface area contributed by atoms with Gasteiger partial charge in [0.15, 0.2) is 0 Å². The van der Waals surface area contributed by atoms with Crippen molar-refractivity contribution in [2.75, 3.05) is 6.61 Å². The molecule has 0 saturated heterocycles. The number of halogens is 2. The van der Waals surface area contributed by atoms with Gasteiger partial charge in [-0.25, -0.2) is 10.2 Å². The largest absolute Gasteiger partial charge is 0.506 e. The highest BCUT2D eigenvalue weighted by molar-refractivity contribution is 9.11. The maximum absolute atomic E-state index is 10.9. The van der Waals surface area contributed by atoms with Gasteiger partial charge in [0, 0.05) is 10.0 Å². The zero-order chi connectivity index (χ0) is 12.8. The fourth-order valence-electron chi connectivity index (χ4n) is 1.00. The second kappa shape index (κ2) is 6.61. The SMILES string of the molecule is CCOC(=O)N/N=C/c1cc(Br)cc(Br)c1O. The Kier molecular flexibility index (Phi) is 5.43. The van der Waals surface area contributed by atoms with E-state index in [9.17, 15) is 9.90 Å². The highest BCUT2D eigenvalue weighted by Gasteiger charge is 2.05. The minimum Gasteiger partial charge on any atom is -0.506 e. The van der Waals surface area contributed by atoms with Crippen LogP contribution in [0.5, 0.6) is 5.75 Å². The number of phenolic OH excluding ortho intramolecular Hbond substituents is 1. The smallest absolute Gasteiger partial charge is 0.427 e. The van der Waals surface area contributed by atoms with E-state index in [2.05, 4.69) is 47.1 Å². The molecule has 5 nitrogen and oxygen atoms in total. The van der Waals surface area contributed by atoms with Gasteiger partial charge in [-0.1, -0.05) is 15.9 Å². The van der Waals surface area contributed by atoms with Crippen molar-refractivity contribution in [3.05, 3.63) is 26.6 Å². The molecule has 0 aliphatic rings. The summed E-state index contributed by atoms with van der Waals surface area (Å²) in [5, 5.41) is 13.3. The Bertz CT molecular complexity index is 449. The van der Waals surface area contributed by atoms with Crippen molar-refractivity contribution in [1.29, 1.82) is 0 Å². The molecular weight excluding hydrogens is 356 g/mol. The first-order valence-corrected chi connectivity index (χ1v) is 6.27. The molecule has 17 heavy (non-hydrogen) atoms. The van der Waals surface area contributed by atoms with Gasteiger partial charge in [0.2, 0.25) is 0 Å². The topological polar surface area (TPSA) is 70.9 Å². The molecule has 0 aromatic heterocycles. The lowest BCUT2D eigenvalue weighted by Crippen LogP contribution is -2.18. The summed E-state index contributed by atoms with van der Waals surface area (Å²) in [5.41, 5.74) is 2.63. The summed E-state index contributed by atoms with van der Waals surface area (Å²) in [7, 11) is 0. The van der Waals surface area contributed by atoms with Gasteiger partial charge < -0.3 is 9.84 Å². The molecule has 0 radical (unpaired) electrons. The summed E-state index contributed by atoms with van der Waals surface area (Å²) in [6.45, 7) is 1.97. The van der Waals surface area contributed by atoms with Crippen LogP contribution in [0, 0.1) is 0 Å². The molecule has 1 amide bonds. The molecule has 0 saturated carbocycles. The van der Waals surface area contributed by atoms with Gasteiger partial charge in [-0.2, -0.15) is 5.10 Å². The van der Waals surface area contributed by atoms with Crippen molar-refractivity contribution in [2.24, 2.45) is 5.10 Å². The van der Waals surface area contributed by atoms with Gasteiger partial charge in [0.05, 0.1) is 17.3 Å². The number of benzene rings is 1. The monoisotopic (exact) mass is 364 g/mol. The first-order chi connectivity index (χ1) is 8.04. The highest BCUT2D eigenvalue weighted by atomic mass is 79.9. The molecule has 0 fully saturated rings. The number of phenols is 1. The minimum absolute atomic E-state index is 0.0441. The number of rotatable bonds is 3. The van der Waals surface area contributed by atoms with Gasteiger partial charge in [-0.3, -0.25) is 0 Å². The molecule has 0 heterocycles. The molecule has 1 aromatic carbocycles. The molecule has 7 heteroatoms. The number of nitrogens with one attached hydrogen (secondary N) is 1. The number of ether oxygens (including phenoxy) is 1. The van der Waals surface area contributed by atoms with Crippen molar-refractivity contribution in [2.45, 2.75) is 6.92 Å². The second-order valence-electron chi connectivity index (χ2n) is 2.92. The van der Waals surface area contributed by atoms with Crippen molar-refractivity contribution >= 4 is 44.2 Å². The van der Waals surface area contributed by atoms with Crippen LogP contribution in [0.2, 0.25) is 0 Å². The van der Waals surface area contributed by atoms with E-state index < -0.39 is 6.09 Å². The Morgan fingerprint density at radius 3 is 2.94 bits per heavy atom. The van der Waals surface area contributed by atoms with Crippen LogP contribution in [0.4, 0.5) is 4.79 Å². The molecule has 92 valence electrons. The van der Waals surface area contributed by atoms with E-state index in [-0.39, 0.29) is 12.4 Å². The van der Waals surface area contributed by atoms with Gasteiger partial charge in [0.1, 0.15) is 5.75 Å². The number of aromatic hydroxyl groups is 1. The van der Waals surface area contributed by atoms with Crippen LogP contribution in [-0.2, 0) is 4.74 Å². The Hall–Kier alpha value is -1.08. The molecule has 0 bridgehead atoms. The van der Waals surface area contributed by atoms with Gasteiger partial charge in [0.25, 0.3) is 0 Å². The lowest BCUT2D eigenvalue weighted by Gasteiger charge is -2.03. The maximum Gasteiger partial charge on any atom is 0.427 e.